The molecule has 0 aromatic carbocycles. The summed E-state index contributed by atoms with van der Waals surface area (Å²) in [7, 11) is -2.69. The molecule has 0 unspecified atom stereocenters. The molecule has 0 rings (SSSR count). The highest BCUT2D eigenvalue weighted by molar-refractivity contribution is 7.87. The Morgan fingerprint density at radius 3 is 2.15 bits per heavy atom. The van der Waals surface area contributed by atoms with Gasteiger partial charge in [0.1, 0.15) is 6.04 Å². The summed E-state index contributed by atoms with van der Waals surface area (Å²) in [6, 6.07) is -0.931. The van der Waals surface area contributed by atoms with Crippen molar-refractivity contribution in [1.29, 1.82) is 0 Å². The zero-order chi connectivity index (χ0) is 10.6. The molecule has 0 heterocycles. The van der Waals surface area contributed by atoms with Gasteiger partial charge in [-0.25, -0.2) is 5.14 Å². The van der Waals surface area contributed by atoms with Gasteiger partial charge in [0, 0.05) is 0 Å². The van der Waals surface area contributed by atoms with Crippen LogP contribution in [-0.2, 0) is 19.7 Å². The van der Waals surface area contributed by atoms with Crippen LogP contribution in [0.4, 0.5) is 0 Å². The van der Waals surface area contributed by atoms with E-state index in [-0.39, 0.29) is 5.92 Å². The number of carbonyl (C=O) groups is 1. The number of carbonyl (C=O) groups excluding carboxylic acids is 1. The Bertz CT molecular complexity index is 272. The van der Waals surface area contributed by atoms with E-state index in [2.05, 4.69) is 4.74 Å². The van der Waals surface area contributed by atoms with E-state index in [1.54, 1.807) is 13.8 Å². The molecule has 0 aromatic heterocycles. The fourth-order valence-electron chi connectivity index (χ4n) is 0.760. The molecule has 0 spiro atoms. The van der Waals surface area contributed by atoms with Gasteiger partial charge in [-0.15, -0.1) is 0 Å². The van der Waals surface area contributed by atoms with Gasteiger partial charge in [0.25, 0.3) is 10.2 Å². The van der Waals surface area contributed by atoms with Gasteiger partial charge in [-0.3, -0.25) is 4.79 Å². The summed E-state index contributed by atoms with van der Waals surface area (Å²) in [6.45, 7) is 3.36. The third-order valence-electron chi connectivity index (χ3n) is 1.41. The van der Waals surface area contributed by atoms with Crippen LogP contribution < -0.4 is 9.86 Å². The molecule has 0 aliphatic heterocycles. The predicted molar refractivity (Wildman–Crippen MR) is 46.9 cm³/mol. The predicted octanol–water partition coefficient (Wildman–Crippen LogP) is -1.02. The summed E-state index contributed by atoms with van der Waals surface area (Å²) >= 11 is 0. The minimum atomic E-state index is -3.87. The van der Waals surface area contributed by atoms with Crippen molar-refractivity contribution in [1.82, 2.24) is 4.72 Å². The summed E-state index contributed by atoms with van der Waals surface area (Å²) in [5.74, 6) is -0.866. The zero-order valence-corrected chi connectivity index (χ0v) is 8.59. The SMILES string of the molecule is COC(=O)[C@@H](NS(N)(=O)=O)C(C)C. The lowest BCUT2D eigenvalue weighted by atomic mass is 10.1. The van der Waals surface area contributed by atoms with Gasteiger partial charge in [0.2, 0.25) is 0 Å². The second-order valence-electron chi connectivity index (χ2n) is 2.91. The summed E-state index contributed by atoms with van der Waals surface area (Å²) in [4.78, 5) is 11.0. The average Bonchev–Trinajstić information content (AvgIpc) is 1.96. The summed E-state index contributed by atoms with van der Waals surface area (Å²) in [5, 5.41) is 4.72. The van der Waals surface area contributed by atoms with Gasteiger partial charge in [0.15, 0.2) is 0 Å². The van der Waals surface area contributed by atoms with Gasteiger partial charge in [0.05, 0.1) is 7.11 Å². The Morgan fingerprint density at radius 2 is 1.92 bits per heavy atom. The fraction of sp³-hybridized carbons (Fsp3) is 0.833. The van der Waals surface area contributed by atoms with Crippen molar-refractivity contribution in [2.45, 2.75) is 19.9 Å². The van der Waals surface area contributed by atoms with Gasteiger partial charge < -0.3 is 4.74 Å². The van der Waals surface area contributed by atoms with E-state index in [0.717, 1.165) is 0 Å². The number of hydrogen-bond acceptors (Lipinski definition) is 4. The molecule has 0 bridgehead atoms. The van der Waals surface area contributed by atoms with E-state index in [4.69, 9.17) is 5.14 Å². The van der Waals surface area contributed by atoms with E-state index in [0.29, 0.717) is 0 Å². The molecule has 7 heteroatoms. The first-order chi connectivity index (χ1) is 5.78. The number of hydrogen-bond donors (Lipinski definition) is 2. The summed E-state index contributed by atoms with van der Waals surface area (Å²) in [5.41, 5.74) is 0. The van der Waals surface area contributed by atoms with E-state index >= 15 is 0 Å². The lowest BCUT2D eigenvalue weighted by Gasteiger charge is -2.17. The lowest BCUT2D eigenvalue weighted by molar-refractivity contribution is -0.143. The first-order valence-corrected chi connectivity index (χ1v) is 5.20. The smallest absolute Gasteiger partial charge is 0.324 e. The first kappa shape index (κ1) is 12.3. The maximum Gasteiger partial charge on any atom is 0.324 e. The van der Waals surface area contributed by atoms with Gasteiger partial charge in [-0.05, 0) is 5.92 Å². The quantitative estimate of drug-likeness (QED) is 0.580. The van der Waals surface area contributed by atoms with Crippen molar-refractivity contribution in [3.63, 3.8) is 0 Å². The highest BCUT2D eigenvalue weighted by atomic mass is 32.2. The number of esters is 1. The molecule has 0 aliphatic rings. The number of nitrogens with one attached hydrogen (secondary N) is 1. The van der Waals surface area contributed by atoms with Gasteiger partial charge >= 0.3 is 5.97 Å². The Balaban J connectivity index is 4.55. The standard InChI is InChI=1S/C6H14N2O4S/c1-4(2)5(6(9)12-3)8-13(7,10)11/h4-5,8H,1-3H3,(H2,7,10,11)/t5-/m0/s1. The van der Waals surface area contributed by atoms with Crippen molar-refractivity contribution in [2.75, 3.05) is 7.11 Å². The molecule has 0 fully saturated rings. The molecular formula is C6H14N2O4S. The maximum atomic E-state index is 11.0. The molecule has 0 radical (unpaired) electrons. The molecule has 13 heavy (non-hydrogen) atoms. The Kier molecular flexibility index (Phi) is 4.31. The van der Waals surface area contributed by atoms with Crippen LogP contribution in [-0.4, -0.2) is 27.5 Å². The molecule has 78 valence electrons. The molecule has 0 saturated carbocycles. The number of ether oxygens (including phenoxy) is 1. The Morgan fingerprint density at radius 1 is 1.46 bits per heavy atom. The third kappa shape index (κ3) is 4.81. The number of nitrogens with two attached hydrogens (primary N) is 1. The molecule has 0 amide bonds. The van der Waals surface area contributed by atoms with E-state index < -0.39 is 22.2 Å². The molecule has 0 aromatic rings. The van der Waals surface area contributed by atoms with Crippen LogP contribution in [0.3, 0.4) is 0 Å². The second-order valence-corrected chi connectivity index (χ2v) is 4.23. The Labute approximate surface area is 77.6 Å². The third-order valence-corrected chi connectivity index (χ3v) is 2.00. The van der Waals surface area contributed by atoms with Crippen LogP contribution >= 0.6 is 0 Å². The maximum absolute atomic E-state index is 11.0. The van der Waals surface area contributed by atoms with Crippen molar-refractivity contribution >= 4 is 16.2 Å². The molecule has 0 saturated heterocycles. The number of methoxy groups -OCH3 is 1. The van der Waals surface area contributed by atoms with E-state index in [1.807, 2.05) is 4.72 Å². The average molecular weight is 210 g/mol. The number of rotatable bonds is 4. The summed E-state index contributed by atoms with van der Waals surface area (Å²) in [6.07, 6.45) is 0. The molecule has 1 atom stereocenters. The van der Waals surface area contributed by atoms with Gasteiger partial charge in [-0.2, -0.15) is 13.1 Å². The molecule has 6 nitrogen and oxygen atoms in total. The van der Waals surface area contributed by atoms with E-state index in [9.17, 15) is 13.2 Å². The first-order valence-electron chi connectivity index (χ1n) is 3.66. The zero-order valence-electron chi connectivity index (χ0n) is 7.77. The van der Waals surface area contributed by atoms with Crippen molar-refractivity contribution in [3.8, 4) is 0 Å². The molecule has 3 N–H and O–H groups in total. The highest BCUT2D eigenvalue weighted by Crippen LogP contribution is 2.03. The van der Waals surface area contributed by atoms with Crippen LogP contribution in [0.2, 0.25) is 0 Å². The van der Waals surface area contributed by atoms with E-state index in [1.165, 1.54) is 7.11 Å². The Hall–Kier alpha value is -0.660. The minimum Gasteiger partial charge on any atom is -0.468 e. The fourth-order valence-corrected chi connectivity index (χ4v) is 1.48. The van der Waals surface area contributed by atoms with Crippen molar-refractivity contribution in [2.24, 2.45) is 11.1 Å². The summed E-state index contributed by atoms with van der Waals surface area (Å²) < 4.78 is 27.6. The normalized spacial score (nSPS) is 14.2. The topological polar surface area (TPSA) is 98.5 Å². The molecule has 0 aliphatic carbocycles. The largest absolute Gasteiger partial charge is 0.468 e. The van der Waals surface area contributed by atoms with Crippen molar-refractivity contribution < 1.29 is 17.9 Å². The monoisotopic (exact) mass is 210 g/mol. The van der Waals surface area contributed by atoms with Gasteiger partial charge in [-0.1, -0.05) is 13.8 Å². The highest BCUT2D eigenvalue weighted by Gasteiger charge is 2.26. The minimum absolute atomic E-state index is 0.217. The van der Waals surface area contributed by atoms with Crippen LogP contribution in [0, 0.1) is 5.92 Å². The molecular weight excluding hydrogens is 196 g/mol. The van der Waals surface area contributed by atoms with Crippen LogP contribution in [0.5, 0.6) is 0 Å². The lowest BCUT2D eigenvalue weighted by Crippen LogP contribution is -2.47. The van der Waals surface area contributed by atoms with Crippen LogP contribution in [0.1, 0.15) is 13.8 Å². The second kappa shape index (κ2) is 4.54. The van der Waals surface area contributed by atoms with Crippen LogP contribution in [0.15, 0.2) is 0 Å². The van der Waals surface area contributed by atoms with Crippen molar-refractivity contribution in [3.05, 3.63) is 0 Å². The van der Waals surface area contributed by atoms with Crippen LogP contribution in [0.25, 0.3) is 0 Å².